The molecule has 0 unspecified atom stereocenters. The van der Waals surface area contributed by atoms with Gasteiger partial charge in [0.2, 0.25) is 5.91 Å². The summed E-state index contributed by atoms with van der Waals surface area (Å²) in [4.78, 5) is 28.0. The first-order valence-corrected chi connectivity index (χ1v) is 11.0. The highest BCUT2D eigenvalue weighted by molar-refractivity contribution is 5.99. The van der Waals surface area contributed by atoms with Gasteiger partial charge in [-0.05, 0) is 48.2 Å². The fraction of sp³-hybridized carbons (Fsp3) is 0.259. The van der Waals surface area contributed by atoms with E-state index >= 15 is 0 Å². The average molecular weight is 413 g/mol. The Hall–Kier alpha value is -3.40. The summed E-state index contributed by atoms with van der Waals surface area (Å²) in [5.74, 6) is -0.420. The third-order valence-electron chi connectivity index (χ3n) is 5.82. The average Bonchev–Trinajstić information content (AvgIpc) is 3.10. The quantitative estimate of drug-likeness (QED) is 0.604. The van der Waals surface area contributed by atoms with Gasteiger partial charge in [-0.25, -0.2) is 0 Å². The monoisotopic (exact) mass is 412 g/mol. The number of rotatable bonds is 5. The molecule has 0 aromatic heterocycles. The SMILES string of the molecule is O=C(Nc1ccc(C(=O)N2CCCCCC2)cc1)C(c1ccccc1)c1ccccc1. The lowest BCUT2D eigenvalue weighted by Crippen LogP contribution is -2.31. The van der Waals surface area contributed by atoms with Crippen molar-refractivity contribution in [2.24, 2.45) is 0 Å². The number of nitrogens with one attached hydrogen (secondary N) is 1. The molecular formula is C27H28N2O2. The summed E-state index contributed by atoms with van der Waals surface area (Å²) in [5, 5.41) is 3.03. The number of nitrogens with zero attached hydrogens (tertiary/aromatic N) is 1. The Morgan fingerprint density at radius 1 is 0.677 bits per heavy atom. The minimum Gasteiger partial charge on any atom is -0.339 e. The van der Waals surface area contributed by atoms with Gasteiger partial charge in [0.1, 0.15) is 0 Å². The van der Waals surface area contributed by atoms with Crippen LogP contribution >= 0.6 is 0 Å². The van der Waals surface area contributed by atoms with Crippen molar-refractivity contribution in [3.05, 3.63) is 102 Å². The molecule has 3 aromatic carbocycles. The van der Waals surface area contributed by atoms with E-state index in [0.29, 0.717) is 11.3 Å². The zero-order chi connectivity index (χ0) is 21.5. The maximum absolute atomic E-state index is 13.2. The van der Waals surface area contributed by atoms with Crippen molar-refractivity contribution in [2.45, 2.75) is 31.6 Å². The van der Waals surface area contributed by atoms with Gasteiger partial charge >= 0.3 is 0 Å². The van der Waals surface area contributed by atoms with E-state index in [1.807, 2.05) is 89.8 Å². The van der Waals surface area contributed by atoms with E-state index < -0.39 is 5.92 Å². The molecule has 2 amide bonds. The molecular weight excluding hydrogens is 384 g/mol. The van der Waals surface area contributed by atoms with Gasteiger partial charge < -0.3 is 10.2 Å². The van der Waals surface area contributed by atoms with Gasteiger partial charge in [-0.3, -0.25) is 9.59 Å². The largest absolute Gasteiger partial charge is 0.339 e. The molecule has 31 heavy (non-hydrogen) atoms. The predicted molar refractivity (Wildman–Crippen MR) is 124 cm³/mol. The first-order chi connectivity index (χ1) is 15.2. The standard InChI is InChI=1S/C27H28N2O2/c30-26(25(21-11-5-3-6-12-21)22-13-7-4-8-14-22)28-24-17-15-23(16-18-24)27(31)29-19-9-1-2-10-20-29/h3-8,11-18,25H,1-2,9-10,19-20H2,(H,28,30). The minimum absolute atomic E-state index is 0.0752. The number of carbonyl (C=O) groups is 2. The van der Waals surface area contributed by atoms with Crippen LogP contribution in [0, 0.1) is 0 Å². The molecule has 4 heteroatoms. The molecule has 0 bridgehead atoms. The molecule has 0 aliphatic carbocycles. The number of anilines is 1. The third-order valence-corrected chi connectivity index (χ3v) is 5.82. The summed E-state index contributed by atoms with van der Waals surface area (Å²) in [7, 11) is 0. The highest BCUT2D eigenvalue weighted by atomic mass is 16.2. The molecule has 4 rings (SSSR count). The first kappa shape index (κ1) is 20.9. The number of hydrogen-bond donors (Lipinski definition) is 1. The first-order valence-electron chi connectivity index (χ1n) is 11.0. The van der Waals surface area contributed by atoms with Gasteiger partial charge in [0.25, 0.3) is 5.91 Å². The van der Waals surface area contributed by atoms with Crippen LogP contribution in [0.25, 0.3) is 0 Å². The van der Waals surface area contributed by atoms with Gasteiger partial charge in [0.05, 0.1) is 5.92 Å². The van der Waals surface area contributed by atoms with Crippen molar-refractivity contribution in [3.63, 3.8) is 0 Å². The maximum atomic E-state index is 13.2. The summed E-state index contributed by atoms with van der Waals surface area (Å²) in [5.41, 5.74) is 3.25. The highest BCUT2D eigenvalue weighted by Gasteiger charge is 2.23. The molecule has 0 atom stereocenters. The molecule has 1 aliphatic heterocycles. The summed E-state index contributed by atoms with van der Waals surface area (Å²) < 4.78 is 0. The summed E-state index contributed by atoms with van der Waals surface area (Å²) >= 11 is 0. The van der Waals surface area contributed by atoms with Crippen LogP contribution in [0.5, 0.6) is 0 Å². The normalized spacial score (nSPS) is 14.2. The van der Waals surface area contributed by atoms with Gasteiger partial charge in [0, 0.05) is 24.3 Å². The van der Waals surface area contributed by atoms with E-state index in [1.165, 1.54) is 12.8 Å². The van der Waals surface area contributed by atoms with Gasteiger partial charge in [-0.1, -0.05) is 73.5 Å². The number of carbonyl (C=O) groups excluding carboxylic acids is 2. The molecule has 4 nitrogen and oxygen atoms in total. The molecule has 158 valence electrons. The van der Waals surface area contributed by atoms with Crippen molar-refractivity contribution in [1.82, 2.24) is 4.90 Å². The second-order valence-corrected chi connectivity index (χ2v) is 8.03. The summed E-state index contributed by atoms with van der Waals surface area (Å²) in [6.07, 6.45) is 4.53. The van der Waals surface area contributed by atoms with Crippen LogP contribution in [0.2, 0.25) is 0 Å². The lowest BCUT2D eigenvalue weighted by Gasteiger charge is -2.21. The van der Waals surface area contributed by atoms with E-state index in [9.17, 15) is 9.59 Å². The molecule has 1 N–H and O–H groups in total. The van der Waals surface area contributed by atoms with Gasteiger partial charge in [-0.15, -0.1) is 0 Å². The molecule has 1 aliphatic rings. The molecule has 0 saturated carbocycles. The molecule has 0 spiro atoms. The molecule has 1 heterocycles. The second kappa shape index (κ2) is 10.1. The zero-order valence-electron chi connectivity index (χ0n) is 17.7. The highest BCUT2D eigenvalue weighted by Crippen LogP contribution is 2.26. The predicted octanol–water partition coefficient (Wildman–Crippen LogP) is 5.47. The summed E-state index contributed by atoms with van der Waals surface area (Å²) in [6.45, 7) is 1.65. The molecule has 1 fully saturated rings. The summed E-state index contributed by atoms with van der Waals surface area (Å²) in [6, 6.07) is 26.8. The second-order valence-electron chi connectivity index (χ2n) is 8.03. The van der Waals surface area contributed by atoms with Crippen LogP contribution in [0.4, 0.5) is 5.69 Å². The Morgan fingerprint density at radius 2 is 1.19 bits per heavy atom. The zero-order valence-corrected chi connectivity index (χ0v) is 17.7. The Balaban J connectivity index is 1.49. The maximum Gasteiger partial charge on any atom is 0.253 e. The van der Waals surface area contributed by atoms with E-state index in [0.717, 1.165) is 37.1 Å². The fourth-order valence-corrected chi connectivity index (χ4v) is 4.15. The topological polar surface area (TPSA) is 49.4 Å². The molecule has 0 radical (unpaired) electrons. The van der Waals surface area contributed by atoms with E-state index in [4.69, 9.17) is 0 Å². The van der Waals surface area contributed by atoms with Crippen molar-refractivity contribution >= 4 is 17.5 Å². The van der Waals surface area contributed by atoms with Crippen LogP contribution in [0.3, 0.4) is 0 Å². The lowest BCUT2D eigenvalue weighted by molar-refractivity contribution is -0.116. The van der Waals surface area contributed by atoms with Crippen LogP contribution in [-0.4, -0.2) is 29.8 Å². The van der Waals surface area contributed by atoms with E-state index in [2.05, 4.69) is 5.32 Å². The van der Waals surface area contributed by atoms with Crippen molar-refractivity contribution < 1.29 is 9.59 Å². The number of amides is 2. The Morgan fingerprint density at radius 3 is 1.71 bits per heavy atom. The lowest BCUT2D eigenvalue weighted by atomic mass is 9.90. The minimum atomic E-state index is -0.402. The number of likely N-dealkylation sites (tertiary alicyclic amines) is 1. The fourth-order valence-electron chi connectivity index (χ4n) is 4.15. The van der Waals surface area contributed by atoms with Crippen molar-refractivity contribution in [3.8, 4) is 0 Å². The van der Waals surface area contributed by atoms with Crippen LogP contribution in [-0.2, 0) is 4.79 Å². The van der Waals surface area contributed by atoms with E-state index in [1.54, 1.807) is 0 Å². The Bertz CT molecular complexity index is 953. The molecule has 3 aromatic rings. The van der Waals surface area contributed by atoms with Gasteiger partial charge in [-0.2, -0.15) is 0 Å². The Labute approximate surface area is 183 Å². The molecule has 1 saturated heterocycles. The van der Waals surface area contributed by atoms with E-state index in [-0.39, 0.29) is 11.8 Å². The van der Waals surface area contributed by atoms with Crippen LogP contribution in [0.1, 0.15) is 53.1 Å². The number of hydrogen-bond acceptors (Lipinski definition) is 2. The number of benzene rings is 3. The van der Waals surface area contributed by atoms with Crippen molar-refractivity contribution in [1.29, 1.82) is 0 Å². The van der Waals surface area contributed by atoms with Crippen LogP contribution < -0.4 is 5.32 Å². The third kappa shape index (κ3) is 5.21. The van der Waals surface area contributed by atoms with Crippen LogP contribution in [0.15, 0.2) is 84.9 Å². The van der Waals surface area contributed by atoms with Crippen molar-refractivity contribution in [2.75, 3.05) is 18.4 Å². The van der Waals surface area contributed by atoms with Gasteiger partial charge in [0.15, 0.2) is 0 Å². The Kier molecular flexibility index (Phi) is 6.78. The smallest absolute Gasteiger partial charge is 0.253 e.